The molecular weight excluding hydrogens is 310 g/mol. The van der Waals surface area contributed by atoms with Crippen molar-refractivity contribution >= 4 is 17.6 Å². The number of nitrogens with one attached hydrogen (secondary N) is 1. The fourth-order valence-electron chi connectivity index (χ4n) is 3.21. The van der Waals surface area contributed by atoms with Crippen molar-refractivity contribution in [3.05, 3.63) is 23.8 Å². The van der Waals surface area contributed by atoms with Crippen molar-refractivity contribution in [2.75, 3.05) is 25.6 Å². The molecule has 0 atom stereocenters. The largest absolute Gasteiger partial charge is 0.482 e. The number of aliphatic carboxylic acids is 1. The number of rotatable bonds is 8. The molecule has 24 heavy (non-hydrogen) atoms. The molecule has 0 unspecified atom stereocenters. The van der Waals surface area contributed by atoms with Gasteiger partial charge in [0, 0.05) is 19.4 Å². The van der Waals surface area contributed by atoms with E-state index in [0.29, 0.717) is 12.4 Å². The zero-order chi connectivity index (χ0) is 17.6. The fraction of sp³-hybridized carbons (Fsp3) is 0.556. The Morgan fingerprint density at radius 1 is 1.29 bits per heavy atom. The van der Waals surface area contributed by atoms with Crippen molar-refractivity contribution in [2.45, 2.75) is 39.0 Å². The number of amides is 1. The third kappa shape index (κ3) is 4.47. The Hall–Kier alpha value is -2.08. The lowest BCUT2D eigenvalue weighted by Gasteiger charge is -2.27. The summed E-state index contributed by atoms with van der Waals surface area (Å²) in [5.41, 5.74) is 1.22. The van der Waals surface area contributed by atoms with Crippen molar-refractivity contribution in [1.29, 1.82) is 0 Å². The van der Waals surface area contributed by atoms with Crippen LogP contribution >= 0.6 is 0 Å². The first kappa shape index (κ1) is 18.3. The lowest BCUT2D eigenvalue weighted by molar-refractivity contribution is -0.139. The van der Waals surface area contributed by atoms with E-state index in [1.54, 1.807) is 25.3 Å². The highest BCUT2D eigenvalue weighted by Crippen LogP contribution is 2.42. The maximum Gasteiger partial charge on any atom is 0.341 e. The van der Waals surface area contributed by atoms with Crippen LogP contribution in [0.25, 0.3) is 0 Å². The minimum Gasteiger partial charge on any atom is -0.482 e. The molecular formula is C18H25NO5. The predicted octanol–water partition coefficient (Wildman–Crippen LogP) is 2.99. The van der Waals surface area contributed by atoms with E-state index in [4.69, 9.17) is 14.6 Å². The smallest absolute Gasteiger partial charge is 0.341 e. The second-order valence-electron chi connectivity index (χ2n) is 6.34. The molecule has 2 N–H and O–H groups in total. The van der Waals surface area contributed by atoms with Gasteiger partial charge in [-0.1, -0.05) is 12.8 Å². The van der Waals surface area contributed by atoms with Crippen molar-refractivity contribution in [3.8, 4) is 5.75 Å². The van der Waals surface area contributed by atoms with Crippen LogP contribution in [0.3, 0.4) is 0 Å². The highest BCUT2D eigenvalue weighted by atomic mass is 16.5. The molecule has 6 heteroatoms. The van der Waals surface area contributed by atoms with E-state index in [9.17, 15) is 9.59 Å². The summed E-state index contributed by atoms with van der Waals surface area (Å²) in [6.07, 6.45) is 4.65. The number of anilines is 1. The summed E-state index contributed by atoms with van der Waals surface area (Å²) in [6, 6.07) is 5.15. The monoisotopic (exact) mass is 335 g/mol. The van der Waals surface area contributed by atoms with Gasteiger partial charge >= 0.3 is 5.97 Å². The predicted molar refractivity (Wildman–Crippen MR) is 90.3 cm³/mol. The van der Waals surface area contributed by atoms with Crippen LogP contribution in [0, 0.1) is 12.3 Å². The van der Waals surface area contributed by atoms with Crippen molar-refractivity contribution in [3.63, 3.8) is 0 Å². The summed E-state index contributed by atoms with van der Waals surface area (Å²) in [5.74, 6) is -0.506. The van der Waals surface area contributed by atoms with Crippen LogP contribution in [0.15, 0.2) is 18.2 Å². The lowest BCUT2D eigenvalue weighted by atomic mass is 9.82. The first-order chi connectivity index (χ1) is 11.5. The van der Waals surface area contributed by atoms with E-state index in [1.807, 2.05) is 6.92 Å². The summed E-state index contributed by atoms with van der Waals surface area (Å²) in [4.78, 5) is 23.4. The molecule has 0 aliphatic heterocycles. The Morgan fingerprint density at radius 2 is 2.00 bits per heavy atom. The van der Waals surface area contributed by atoms with Gasteiger partial charge in [-0.15, -0.1) is 0 Å². The molecule has 0 radical (unpaired) electrons. The third-order valence-corrected chi connectivity index (χ3v) is 4.64. The maximum absolute atomic E-state index is 12.8. The Bertz CT molecular complexity index is 593. The van der Waals surface area contributed by atoms with Crippen LogP contribution in [0.1, 0.15) is 37.7 Å². The number of benzene rings is 1. The van der Waals surface area contributed by atoms with Crippen molar-refractivity contribution in [2.24, 2.45) is 5.41 Å². The van der Waals surface area contributed by atoms with Crippen LogP contribution in [-0.4, -0.2) is 37.3 Å². The van der Waals surface area contributed by atoms with Gasteiger partial charge in [0.15, 0.2) is 6.61 Å². The summed E-state index contributed by atoms with van der Waals surface area (Å²) in [5, 5.41) is 11.7. The topological polar surface area (TPSA) is 84.9 Å². The van der Waals surface area contributed by atoms with Crippen LogP contribution in [-0.2, 0) is 14.3 Å². The van der Waals surface area contributed by atoms with Crippen LogP contribution in [0.2, 0.25) is 0 Å². The minimum absolute atomic E-state index is 0.0411. The number of carboxylic acids is 1. The standard InChI is InChI=1S/C18H25NO5/c1-13-11-14(24-12-16(20)21)5-6-15(13)19-17(22)18(9-10-23-2)7-3-4-8-18/h5-6,11H,3-4,7-10,12H2,1-2H3,(H,19,22)(H,20,21). The summed E-state index contributed by atoms with van der Waals surface area (Å²) < 4.78 is 10.3. The van der Waals surface area contributed by atoms with Crippen LogP contribution in [0.5, 0.6) is 5.75 Å². The van der Waals surface area contributed by atoms with E-state index in [2.05, 4.69) is 5.32 Å². The van der Waals surface area contributed by atoms with Gasteiger partial charge in [0.05, 0.1) is 5.41 Å². The maximum atomic E-state index is 12.8. The van der Waals surface area contributed by atoms with Gasteiger partial charge in [-0.2, -0.15) is 0 Å². The van der Waals surface area contributed by atoms with E-state index in [1.165, 1.54) is 0 Å². The SMILES string of the molecule is COCCC1(C(=O)Nc2ccc(OCC(=O)O)cc2C)CCCC1. The van der Waals surface area contributed by atoms with Crippen molar-refractivity contribution in [1.82, 2.24) is 0 Å². The number of hydrogen-bond donors (Lipinski definition) is 2. The molecule has 1 aliphatic rings. The fourth-order valence-corrected chi connectivity index (χ4v) is 3.21. The molecule has 0 bridgehead atoms. The second kappa shape index (κ2) is 8.15. The highest BCUT2D eigenvalue weighted by molar-refractivity contribution is 5.96. The Morgan fingerprint density at radius 3 is 2.58 bits per heavy atom. The molecule has 1 saturated carbocycles. The number of methoxy groups -OCH3 is 1. The highest BCUT2D eigenvalue weighted by Gasteiger charge is 2.40. The van der Waals surface area contributed by atoms with Gasteiger partial charge < -0.3 is 19.9 Å². The Kier molecular flexibility index (Phi) is 6.20. The number of carbonyl (C=O) groups is 2. The zero-order valence-electron chi connectivity index (χ0n) is 14.3. The molecule has 0 heterocycles. The van der Waals surface area contributed by atoms with Gasteiger partial charge in [0.25, 0.3) is 0 Å². The molecule has 1 aromatic rings. The number of aryl methyl sites for hydroxylation is 1. The van der Waals surface area contributed by atoms with E-state index >= 15 is 0 Å². The van der Waals surface area contributed by atoms with Crippen LogP contribution < -0.4 is 10.1 Å². The molecule has 1 fully saturated rings. The molecule has 0 spiro atoms. The average Bonchev–Trinajstić information content (AvgIpc) is 3.03. The van der Waals surface area contributed by atoms with Crippen molar-refractivity contribution < 1.29 is 24.2 Å². The van der Waals surface area contributed by atoms with E-state index in [-0.39, 0.29) is 17.9 Å². The van der Waals surface area contributed by atoms with Gasteiger partial charge in [-0.05, 0) is 49.9 Å². The number of carboxylic acid groups (broad SMARTS) is 1. The Labute approximate surface area is 142 Å². The second-order valence-corrected chi connectivity index (χ2v) is 6.34. The first-order valence-corrected chi connectivity index (χ1v) is 8.22. The molecule has 2 rings (SSSR count). The lowest BCUT2D eigenvalue weighted by Crippen LogP contribution is -2.35. The van der Waals surface area contributed by atoms with Gasteiger partial charge in [0.1, 0.15) is 5.75 Å². The molecule has 6 nitrogen and oxygen atoms in total. The molecule has 1 aliphatic carbocycles. The van der Waals surface area contributed by atoms with E-state index in [0.717, 1.165) is 43.4 Å². The molecule has 1 amide bonds. The summed E-state index contributed by atoms with van der Waals surface area (Å²) >= 11 is 0. The third-order valence-electron chi connectivity index (χ3n) is 4.64. The molecule has 0 saturated heterocycles. The number of hydrogen-bond acceptors (Lipinski definition) is 4. The minimum atomic E-state index is -1.02. The van der Waals surface area contributed by atoms with Gasteiger partial charge in [-0.25, -0.2) is 4.79 Å². The normalized spacial score (nSPS) is 15.9. The summed E-state index contributed by atoms with van der Waals surface area (Å²) in [6.45, 7) is 2.05. The number of carbonyl (C=O) groups excluding carboxylic acids is 1. The Balaban J connectivity index is 2.06. The average molecular weight is 335 g/mol. The quantitative estimate of drug-likeness (QED) is 0.763. The molecule has 132 valence electrons. The van der Waals surface area contributed by atoms with E-state index < -0.39 is 5.97 Å². The van der Waals surface area contributed by atoms with Gasteiger partial charge in [0.2, 0.25) is 5.91 Å². The van der Waals surface area contributed by atoms with Crippen LogP contribution in [0.4, 0.5) is 5.69 Å². The number of ether oxygens (including phenoxy) is 2. The first-order valence-electron chi connectivity index (χ1n) is 8.22. The molecule has 0 aromatic heterocycles. The molecule has 1 aromatic carbocycles. The summed E-state index contributed by atoms with van der Waals surface area (Å²) in [7, 11) is 1.65. The zero-order valence-corrected chi connectivity index (χ0v) is 14.3. The van der Waals surface area contributed by atoms with Gasteiger partial charge in [-0.3, -0.25) is 4.79 Å².